The Morgan fingerprint density at radius 1 is 1.44 bits per heavy atom. The molecule has 0 saturated carbocycles. The van der Waals surface area contributed by atoms with E-state index in [9.17, 15) is 4.79 Å². The van der Waals surface area contributed by atoms with Crippen LogP contribution in [0.3, 0.4) is 0 Å². The van der Waals surface area contributed by atoms with E-state index in [2.05, 4.69) is 0 Å². The van der Waals surface area contributed by atoms with E-state index in [0.29, 0.717) is 30.9 Å². The van der Waals surface area contributed by atoms with Crippen molar-refractivity contribution in [3.63, 3.8) is 0 Å². The summed E-state index contributed by atoms with van der Waals surface area (Å²) in [5.74, 6) is 0.0219. The van der Waals surface area contributed by atoms with Crippen LogP contribution < -0.4 is 5.73 Å². The summed E-state index contributed by atoms with van der Waals surface area (Å²) in [6.07, 6.45) is 0. The molecule has 0 spiro atoms. The monoisotopic (exact) mass is 270 g/mol. The smallest absolute Gasteiger partial charge is 0.254 e. The molecule has 1 fully saturated rings. The Bertz CT molecular complexity index is 435. The molecule has 0 aromatic heterocycles. The predicted octanol–water partition coefficient (Wildman–Crippen LogP) is 1.94. The molecule has 1 aliphatic rings. The standard InChI is InChI=1S/C13H18N2O2.ClH/c1-13(2)9-15(6-7-17-13)12(16)10-4-3-5-11(14)8-10;/h3-5,8H,6-7,9,14H2,1-2H3;1H. The first-order valence-corrected chi connectivity index (χ1v) is 5.77. The molecule has 1 heterocycles. The summed E-state index contributed by atoms with van der Waals surface area (Å²) in [5.41, 5.74) is 6.67. The van der Waals surface area contributed by atoms with Gasteiger partial charge in [0.25, 0.3) is 5.91 Å². The third-order valence-electron chi connectivity index (χ3n) is 2.85. The van der Waals surface area contributed by atoms with Gasteiger partial charge in [0.2, 0.25) is 0 Å². The van der Waals surface area contributed by atoms with E-state index in [-0.39, 0.29) is 23.9 Å². The number of nitrogen functional groups attached to an aromatic ring is 1. The Labute approximate surface area is 114 Å². The maximum absolute atomic E-state index is 12.3. The van der Waals surface area contributed by atoms with Crippen molar-refractivity contribution in [3.8, 4) is 0 Å². The lowest BCUT2D eigenvalue weighted by molar-refractivity contribution is -0.0763. The van der Waals surface area contributed by atoms with Crippen molar-refractivity contribution in [2.45, 2.75) is 19.4 Å². The molecule has 0 unspecified atom stereocenters. The van der Waals surface area contributed by atoms with Gasteiger partial charge in [-0.1, -0.05) is 6.07 Å². The SMILES string of the molecule is CC1(C)CN(C(=O)c2cccc(N)c2)CCO1.Cl. The van der Waals surface area contributed by atoms with E-state index in [1.165, 1.54) is 0 Å². The van der Waals surface area contributed by atoms with Crippen LogP contribution >= 0.6 is 12.4 Å². The zero-order chi connectivity index (χ0) is 12.5. The molecule has 5 heteroatoms. The highest BCUT2D eigenvalue weighted by Crippen LogP contribution is 2.19. The summed E-state index contributed by atoms with van der Waals surface area (Å²) in [7, 11) is 0. The van der Waals surface area contributed by atoms with Crippen molar-refractivity contribution >= 4 is 24.0 Å². The number of hydrogen-bond acceptors (Lipinski definition) is 3. The van der Waals surface area contributed by atoms with Gasteiger partial charge >= 0.3 is 0 Å². The van der Waals surface area contributed by atoms with Crippen LogP contribution in [0.2, 0.25) is 0 Å². The van der Waals surface area contributed by atoms with E-state index in [1.54, 1.807) is 24.3 Å². The van der Waals surface area contributed by atoms with E-state index >= 15 is 0 Å². The normalized spacial score (nSPS) is 18.0. The van der Waals surface area contributed by atoms with Crippen LogP contribution in [0.15, 0.2) is 24.3 Å². The first-order chi connectivity index (χ1) is 7.98. The molecule has 1 aromatic rings. The van der Waals surface area contributed by atoms with Crippen molar-refractivity contribution in [2.24, 2.45) is 0 Å². The maximum Gasteiger partial charge on any atom is 0.254 e. The number of nitrogens with two attached hydrogens (primary N) is 1. The largest absolute Gasteiger partial charge is 0.399 e. The lowest BCUT2D eigenvalue weighted by atomic mass is 10.1. The number of anilines is 1. The Hall–Kier alpha value is -1.26. The zero-order valence-electron chi connectivity index (χ0n) is 10.7. The summed E-state index contributed by atoms with van der Waals surface area (Å²) in [6, 6.07) is 7.08. The Morgan fingerprint density at radius 2 is 2.17 bits per heavy atom. The average Bonchev–Trinajstić information content (AvgIpc) is 2.26. The summed E-state index contributed by atoms with van der Waals surface area (Å²) < 4.78 is 5.59. The second kappa shape index (κ2) is 5.59. The summed E-state index contributed by atoms with van der Waals surface area (Å²) >= 11 is 0. The van der Waals surface area contributed by atoms with Gasteiger partial charge in [-0.2, -0.15) is 0 Å². The molecule has 1 saturated heterocycles. The molecule has 100 valence electrons. The minimum absolute atomic E-state index is 0. The number of carbonyl (C=O) groups excluding carboxylic acids is 1. The first-order valence-electron chi connectivity index (χ1n) is 5.77. The molecular formula is C13H19ClN2O2. The van der Waals surface area contributed by atoms with Crippen molar-refractivity contribution in [1.82, 2.24) is 4.90 Å². The highest BCUT2D eigenvalue weighted by molar-refractivity contribution is 5.95. The van der Waals surface area contributed by atoms with Gasteiger partial charge < -0.3 is 15.4 Å². The molecule has 0 radical (unpaired) electrons. The number of halogens is 1. The quantitative estimate of drug-likeness (QED) is 0.794. The minimum atomic E-state index is -0.270. The van der Waals surface area contributed by atoms with Gasteiger partial charge in [-0.25, -0.2) is 0 Å². The minimum Gasteiger partial charge on any atom is -0.399 e. The number of morpholine rings is 1. The molecule has 0 aliphatic carbocycles. The number of benzene rings is 1. The van der Waals surface area contributed by atoms with Crippen LogP contribution in [-0.2, 0) is 4.74 Å². The topological polar surface area (TPSA) is 55.6 Å². The predicted molar refractivity (Wildman–Crippen MR) is 74.0 cm³/mol. The Kier molecular flexibility index (Phi) is 4.59. The van der Waals surface area contributed by atoms with Gasteiger partial charge in [0.15, 0.2) is 0 Å². The number of carbonyl (C=O) groups is 1. The fourth-order valence-electron chi connectivity index (χ4n) is 2.04. The molecule has 18 heavy (non-hydrogen) atoms. The van der Waals surface area contributed by atoms with E-state index < -0.39 is 0 Å². The molecular weight excluding hydrogens is 252 g/mol. The second-order valence-corrected chi connectivity index (χ2v) is 4.96. The molecule has 1 amide bonds. The number of rotatable bonds is 1. The van der Waals surface area contributed by atoms with E-state index in [0.717, 1.165) is 0 Å². The summed E-state index contributed by atoms with van der Waals surface area (Å²) in [6.45, 7) is 5.82. The molecule has 1 aromatic carbocycles. The van der Waals surface area contributed by atoms with Gasteiger partial charge in [-0.3, -0.25) is 4.79 Å². The fraction of sp³-hybridized carbons (Fsp3) is 0.462. The molecule has 2 N–H and O–H groups in total. The second-order valence-electron chi connectivity index (χ2n) is 4.96. The number of amides is 1. The average molecular weight is 271 g/mol. The molecule has 0 atom stereocenters. The van der Waals surface area contributed by atoms with Crippen LogP contribution in [-0.4, -0.2) is 36.1 Å². The number of hydrogen-bond donors (Lipinski definition) is 1. The highest BCUT2D eigenvalue weighted by atomic mass is 35.5. The van der Waals surface area contributed by atoms with Crippen molar-refractivity contribution in [2.75, 3.05) is 25.4 Å². The van der Waals surface area contributed by atoms with Crippen molar-refractivity contribution < 1.29 is 9.53 Å². The molecule has 0 bridgehead atoms. The highest BCUT2D eigenvalue weighted by Gasteiger charge is 2.30. The van der Waals surface area contributed by atoms with E-state index in [4.69, 9.17) is 10.5 Å². The van der Waals surface area contributed by atoms with Gasteiger partial charge in [0.1, 0.15) is 0 Å². The third kappa shape index (κ3) is 3.37. The third-order valence-corrected chi connectivity index (χ3v) is 2.85. The van der Waals surface area contributed by atoms with Crippen LogP contribution in [0, 0.1) is 0 Å². The van der Waals surface area contributed by atoms with E-state index in [1.807, 2.05) is 18.7 Å². The van der Waals surface area contributed by atoms with Crippen LogP contribution in [0.4, 0.5) is 5.69 Å². The molecule has 1 aliphatic heterocycles. The lowest BCUT2D eigenvalue weighted by Crippen LogP contribution is -2.50. The Morgan fingerprint density at radius 3 is 2.78 bits per heavy atom. The van der Waals surface area contributed by atoms with Gasteiger partial charge in [-0.05, 0) is 32.0 Å². The number of nitrogens with zero attached hydrogens (tertiary/aromatic N) is 1. The summed E-state index contributed by atoms with van der Waals surface area (Å²) in [5, 5.41) is 0. The van der Waals surface area contributed by atoms with Crippen LogP contribution in [0.25, 0.3) is 0 Å². The Balaban J connectivity index is 0.00000162. The lowest BCUT2D eigenvalue weighted by Gasteiger charge is -2.38. The van der Waals surface area contributed by atoms with Gasteiger partial charge in [-0.15, -0.1) is 12.4 Å². The van der Waals surface area contributed by atoms with Crippen molar-refractivity contribution in [1.29, 1.82) is 0 Å². The van der Waals surface area contributed by atoms with Gasteiger partial charge in [0.05, 0.1) is 12.2 Å². The summed E-state index contributed by atoms with van der Waals surface area (Å²) in [4.78, 5) is 14.1. The molecule has 4 nitrogen and oxygen atoms in total. The van der Waals surface area contributed by atoms with Crippen LogP contribution in [0.1, 0.15) is 24.2 Å². The first kappa shape index (κ1) is 14.8. The number of ether oxygens (including phenoxy) is 1. The fourth-order valence-corrected chi connectivity index (χ4v) is 2.04. The maximum atomic E-state index is 12.3. The van der Waals surface area contributed by atoms with Gasteiger partial charge in [0, 0.05) is 24.3 Å². The van der Waals surface area contributed by atoms with Crippen LogP contribution in [0.5, 0.6) is 0 Å². The molecule has 2 rings (SSSR count). The zero-order valence-corrected chi connectivity index (χ0v) is 11.5. The van der Waals surface area contributed by atoms with Crippen molar-refractivity contribution in [3.05, 3.63) is 29.8 Å².